The van der Waals surface area contributed by atoms with Crippen LogP contribution in [0.2, 0.25) is 10.0 Å². The van der Waals surface area contributed by atoms with Crippen molar-refractivity contribution in [2.45, 2.75) is 25.7 Å². The Bertz CT molecular complexity index is 506. The highest BCUT2D eigenvalue weighted by Gasteiger charge is 2.39. The van der Waals surface area contributed by atoms with Crippen LogP contribution in [-0.2, 0) is 0 Å². The maximum Gasteiger partial charge on any atom is 0.149 e. The van der Waals surface area contributed by atoms with Crippen LogP contribution >= 0.6 is 23.2 Å². The minimum absolute atomic E-state index is 0.564. The standard InChI is InChI=1S/C15H21Cl2N3/c1-18-14-12(16)7-13(17)15(19-14)20(2)8-11-6-9-3-4-10(11)5-9/h7,9-11H,3-6,8H2,1-2H3,(H,18,19). The molecule has 0 radical (unpaired) electrons. The first-order valence-corrected chi connectivity index (χ1v) is 8.09. The van der Waals surface area contributed by atoms with Crippen LogP contribution in [0.3, 0.4) is 0 Å². The molecule has 20 heavy (non-hydrogen) atoms. The van der Waals surface area contributed by atoms with Gasteiger partial charge < -0.3 is 10.2 Å². The molecule has 1 aromatic heterocycles. The Labute approximate surface area is 130 Å². The molecule has 2 bridgehead atoms. The quantitative estimate of drug-likeness (QED) is 0.898. The predicted octanol–water partition coefficient (Wildman–Crippen LogP) is 4.30. The Kier molecular flexibility index (Phi) is 4.00. The highest BCUT2D eigenvalue weighted by molar-refractivity contribution is 6.37. The number of fused-ring (bicyclic) bond motifs is 2. The molecule has 110 valence electrons. The lowest BCUT2D eigenvalue weighted by Gasteiger charge is -2.28. The van der Waals surface area contributed by atoms with Gasteiger partial charge in [-0.1, -0.05) is 29.6 Å². The Hall–Kier alpha value is -0.670. The van der Waals surface area contributed by atoms with Gasteiger partial charge in [-0.25, -0.2) is 4.98 Å². The van der Waals surface area contributed by atoms with Crippen LogP contribution in [0.25, 0.3) is 0 Å². The summed E-state index contributed by atoms with van der Waals surface area (Å²) in [5.41, 5.74) is 0. The molecule has 0 aromatic carbocycles. The van der Waals surface area contributed by atoms with Crippen molar-refractivity contribution in [3.05, 3.63) is 16.1 Å². The minimum atomic E-state index is 0.564. The first-order chi connectivity index (χ1) is 9.58. The molecule has 1 N–H and O–H groups in total. The zero-order valence-corrected chi connectivity index (χ0v) is 13.5. The lowest BCUT2D eigenvalue weighted by atomic mass is 9.88. The molecule has 1 heterocycles. The molecule has 3 nitrogen and oxygen atoms in total. The van der Waals surface area contributed by atoms with Crippen molar-refractivity contribution in [1.29, 1.82) is 0 Å². The number of halogens is 2. The first-order valence-electron chi connectivity index (χ1n) is 7.33. The highest BCUT2D eigenvalue weighted by Crippen LogP contribution is 2.48. The van der Waals surface area contributed by atoms with Crippen LogP contribution in [0.1, 0.15) is 25.7 Å². The molecule has 0 amide bonds. The lowest BCUT2D eigenvalue weighted by Crippen LogP contribution is -2.29. The van der Waals surface area contributed by atoms with Gasteiger partial charge in [-0.05, 0) is 43.1 Å². The van der Waals surface area contributed by atoms with Gasteiger partial charge in [0.05, 0.1) is 10.0 Å². The molecule has 2 aliphatic rings. The van der Waals surface area contributed by atoms with Crippen molar-refractivity contribution in [3.8, 4) is 0 Å². The fourth-order valence-corrected chi connectivity index (χ4v) is 4.54. The van der Waals surface area contributed by atoms with Crippen molar-refractivity contribution in [1.82, 2.24) is 4.98 Å². The zero-order chi connectivity index (χ0) is 14.3. The van der Waals surface area contributed by atoms with Gasteiger partial charge in [0.1, 0.15) is 11.6 Å². The first kappa shape index (κ1) is 14.3. The number of aromatic nitrogens is 1. The number of pyridine rings is 1. The van der Waals surface area contributed by atoms with Gasteiger partial charge in [0.15, 0.2) is 0 Å². The monoisotopic (exact) mass is 313 g/mol. The van der Waals surface area contributed by atoms with E-state index in [1.807, 2.05) is 7.05 Å². The van der Waals surface area contributed by atoms with Crippen LogP contribution in [0.5, 0.6) is 0 Å². The fraction of sp³-hybridized carbons (Fsp3) is 0.667. The summed E-state index contributed by atoms with van der Waals surface area (Å²) in [6.45, 7) is 1.04. The van der Waals surface area contributed by atoms with Crippen LogP contribution < -0.4 is 10.2 Å². The van der Waals surface area contributed by atoms with E-state index >= 15 is 0 Å². The summed E-state index contributed by atoms with van der Waals surface area (Å²) >= 11 is 12.4. The van der Waals surface area contributed by atoms with E-state index in [9.17, 15) is 0 Å². The molecule has 2 fully saturated rings. The number of hydrogen-bond donors (Lipinski definition) is 1. The van der Waals surface area contributed by atoms with Crippen molar-refractivity contribution in [2.75, 3.05) is 30.9 Å². The summed E-state index contributed by atoms with van der Waals surface area (Å²) in [5.74, 6) is 4.19. The van der Waals surface area contributed by atoms with E-state index in [1.165, 1.54) is 25.7 Å². The van der Waals surface area contributed by atoms with Crippen LogP contribution in [0.4, 0.5) is 11.6 Å². The van der Waals surface area contributed by atoms with Gasteiger partial charge in [0.25, 0.3) is 0 Å². The average molecular weight is 314 g/mol. The molecule has 5 heteroatoms. The van der Waals surface area contributed by atoms with Crippen molar-refractivity contribution in [3.63, 3.8) is 0 Å². The SMILES string of the molecule is CNc1nc(N(C)CC2CC3CCC2C3)c(Cl)cc1Cl. The second-order valence-electron chi connectivity index (χ2n) is 6.19. The number of nitrogens with one attached hydrogen (secondary N) is 1. The lowest BCUT2D eigenvalue weighted by molar-refractivity contribution is 0.337. The van der Waals surface area contributed by atoms with E-state index in [1.54, 1.807) is 6.07 Å². The van der Waals surface area contributed by atoms with Gasteiger partial charge in [-0.2, -0.15) is 0 Å². The fourth-order valence-electron chi connectivity index (χ4n) is 3.94. The summed E-state index contributed by atoms with van der Waals surface area (Å²) in [6.07, 6.45) is 5.66. The Morgan fingerprint density at radius 2 is 2.10 bits per heavy atom. The molecule has 0 spiro atoms. The summed E-state index contributed by atoms with van der Waals surface area (Å²) in [6, 6.07) is 1.77. The topological polar surface area (TPSA) is 28.2 Å². The molecular weight excluding hydrogens is 293 g/mol. The van der Waals surface area contributed by atoms with Gasteiger partial charge in [0, 0.05) is 20.6 Å². The minimum Gasteiger partial charge on any atom is -0.372 e. The van der Waals surface area contributed by atoms with Gasteiger partial charge >= 0.3 is 0 Å². The second kappa shape index (κ2) is 5.61. The normalized spacial score (nSPS) is 27.9. The molecule has 3 unspecified atom stereocenters. The number of nitrogens with zero attached hydrogens (tertiary/aromatic N) is 2. The van der Waals surface area contributed by atoms with Gasteiger partial charge in [0.2, 0.25) is 0 Å². The molecular formula is C15H21Cl2N3. The van der Waals surface area contributed by atoms with E-state index in [4.69, 9.17) is 23.2 Å². The highest BCUT2D eigenvalue weighted by atomic mass is 35.5. The predicted molar refractivity (Wildman–Crippen MR) is 86.0 cm³/mol. The van der Waals surface area contributed by atoms with Gasteiger partial charge in [-0.3, -0.25) is 0 Å². The maximum absolute atomic E-state index is 6.30. The van der Waals surface area contributed by atoms with Crippen molar-refractivity contribution < 1.29 is 0 Å². The third-order valence-corrected chi connectivity index (χ3v) is 5.47. The Balaban J connectivity index is 1.75. The van der Waals surface area contributed by atoms with Crippen LogP contribution in [-0.4, -0.2) is 25.6 Å². The number of hydrogen-bond acceptors (Lipinski definition) is 3. The van der Waals surface area contributed by atoms with Crippen molar-refractivity contribution >= 4 is 34.8 Å². The van der Waals surface area contributed by atoms with E-state index in [0.717, 1.165) is 30.1 Å². The smallest absolute Gasteiger partial charge is 0.149 e. The van der Waals surface area contributed by atoms with Crippen LogP contribution in [0.15, 0.2) is 6.07 Å². The molecule has 0 saturated heterocycles. The number of anilines is 2. The molecule has 1 aromatic rings. The average Bonchev–Trinajstić information content (AvgIpc) is 3.01. The third-order valence-electron chi connectivity index (χ3n) is 4.90. The maximum atomic E-state index is 6.30. The Morgan fingerprint density at radius 1 is 1.30 bits per heavy atom. The van der Waals surface area contributed by atoms with E-state index in [2.05, 4.69) is 22.2 Å². The molecule has 0 aliphatic heterocycles. The van der Waals surface area contributed by atoms with Crippen molar-refractivity contribution in [2.24, 2.45) is 17.8 Å². The third kappa shape index (κ3) is 2.58. The molecule has 3 atom stereocenters. The van der Waals surface area contributed by atoms with E-state index in [-0.39, 0.29) is 0 Å². The largest absolute Gasteiger partial charge is 0.372 e. The van der Waals surface area contributed by atoms with Gasteiger partial charge in [-0.15, -0.1) is 0 Å². The summed E-state index contributed by atoms with van der Waals surface area (Å²) in [7, 11) is 3.90. The summed E-state index contributed by atoms with van der Waals surface area (Å²) in [4.78, 5) is 6.73. The second-order valence-corrected chi connectivity index (χ2v) is 7.00. The molecule has 3 rings (SSSR count). The van der Waals surface area contributed by atoms with Crippen LogP contribution in [0, 0.1) is 17.8 Å². The van der Waals surface area contributed by atoms with E-state index in [0.29, 0.717) is 15.9 Å². The number of rotatable bonds is 4. The molecule has 2 saturated carbocycles. The summed E-state index contributed by atoms with van der Waals surface area (Å²) in [5, 5.41) is 4.20. The zero-order valence-electron chi connectivity index (χ0n) is 12.0. The van der Waals surface area contributed by atoms with E-state index < -0.39 is 0 Å². The Morgan fingerprint density at radius 3 is 2.70 bits per heavy atom. The summed E-state index contributed by atoms with van der Waals surface area (Å²) < 4.78 is 0. The molecule has 2 aliphatic carbocycles.